The fourth-order valence-corrected chi connectivity index (χ4v) is 8.59. The predicted molar refractivity (Wildman–Crippen MR) is 343 cm³/mol. The first-order valence-electron chi connectivity index (χ1n) is 32.3. The van der Waals surface area contributed by atoms with E-state index in [9.17, 15) is 14.4 Å². The predicted octanol–water partition coefficient (Wildman–Crippen LogP) is 22.3. The van der Waals surface area contributed by atoms with Crippen molar-refractivity contribution in [1.82, 2.24) is 0 Å². The maximum atomic E-state index is 12.9. The number of allylic oxidation sites excluding steroid dienone is 24. The van der Waals surface area contributed by atoms with Crippen LogP contribution in [0.15, 0.2) is 146 Å². The van der Waals surface area contributed by atoms with E-state index in [1.165, 1.54) is 83.5 Å². The summed E-state index contributed by atoms with van der Waals surface area (Å²) >= 11 is 0. The molecule has 1 atom stereocenters. The Bertz CT molecular complexity index is 1730. The van der Waals surface area contributed by atoms with Crippen LogP contribution in [0.5, 0.6) is 0 Å². The van der Waals surface area contributed by atoms with Crippen LogP contribution in [0.4, 0.5) is 0 Å². The lowest BCUT2D eigenvalue weighted by atomic mass is 10.0. The Morgan fingerprint density at radius 1 is 0.253 bits per heavy atom. The molecule has 0 aromatic heterocycles. The highest BCUT2D eigenvalue weighted by Crippen LogP contribution is 2.15. The minimum atomic E-state index is -0.804. The van der Waals surface area contributed by atoms with Crippen LogP contribution in [-0.4, -0.2) is 37.2 Å². The second-order valence-electron chi connectivity index (χ2n) is 20.9. The fourth-order valence-electron chi connectivity index (χ4n) is 8.59. The number of rotatable bonds is 57. The Kier molecular flexibility index (Phi) is 61.9. The Labute approximate surface area is 487 Å². The monoisotopic (exact) mass is 1090 g/mol. The molecule has 0 aliphatic heterocycles. The third kappa shape index (κ3) is 64.0. The normalized spacial score (nSPS) is 13.1. The van der Waals surface area contributed by atoms with Gasteiger partial charge in [-0.05, 0) is 135 Å². The van der Waals surface area contributed by atoms with E-state index >= 15 is 0 Å². The zero-order valence-electron chi connectivity index (χ0n) is 51.1. The average molecular weight is 1090 g/mol. The smallest absolute Gasteiger partial charge is 0.306 e. The first kappa shape index (κ1) is 74.3. The second-order valence-corrected chi connectivity index (χ2v) is 20.9. The van der Waals surface area contributed by atoms with Gasteiger partial charge in [-0.1, -0.05) is 269 Å². The van der Waals surface area contributed by atoms with Crippen molar-refractivity contribution in [3.8, 4) is 0 Å². The van der Waals surface area contributed by atoms with Gasteiger partial charge in [0, 0.05) is 19.3 Å². The summed E-state index contributed by atoms with van der Waals surface area (Å²) in [7, 11) is 0. The Morgan fingerprint density at radius 3 is 0.722 bits per heavy atom. The van der Waals surface area contributed by atoms with E-state index in [0.29, 0.717) is 19.3 Å². The highest BCUT2D eigenvalue weighted by molar-refractivity contribution is 5.71. The van der Waals surface area contributed by atoms with E-state index in [-0.39, 0.29) is 31.1 Å². The van der Waals surface area contributed by atoms with Crippen molar-refractivity contribution in [2.75, 3.05) is 13.2 Å². The number of carbonyl (C=O) groups excluding carboxylic acids is 3. The topological polar surface area (TPSA) is 78.9 Å². The summed E-state index contributed by atoms with van der Waals surface area (Å²) in [4.78, 5) is 38.3. The molecule has 0 radical (unpaired) electrons. The zero-order valence-corrected chi connectivity index (χ0v) is 51.1. The van der Waals surface area contributed by atoms with E-state index in [0.717, 1.165) is 154 Å². The van der Waals surface area contributed by atoms with E-state index in [2.05, 4.69) is 167 Å². The summed E-state index contributed by atoms with van der Waals surface area (Å²) < 4.78 is 16.9. The molecule has 0 fully saturated rings. The molecule has 446 valence electrons. The lowest BCUT2D eigenvalue weighted by Gasteiger charge is -2.18. The summed E-state index contributed by atoms with van der Waals surface area (Å²) in [5.74, 6) is -0.940. The SMILES string of the molecule is CC/C=C\C/C=C\C/C=C\C/C=C\C/C=C\CCCCCCCCCC(=O)OC(COC(=O)CCCCC/C=C\C/C=C\C/C=C\CC)COC(=O)CCCCCCCCCCCCCC/C=C\C/C=C\C/C=C\C/C=C\CC. The first-order chi connectivity index (χ1) is 39.0. The number of hydrogen-bond acceptors (Lipinski definition) is 6. The third-order valence-corrected chi connectivity index (χ3v) is 13.3. The Morgan fingerprint density at radius 2 is 0.456 bits per heavy atom. The molecule has 0 rings (SSSR count). The molecule has 0 N–H and O–H groups in total. The molecular formula is C73H118O6. The van der Waals surface area contributed by atoms with Gasteiger partial charge in [0.1, 0.15) is 13.2 Å². The summed E-state index contributed by atoms with van der Waals surface area (Å²) in [5, 5.41) is 0. The summed E-state index contributed by atoms with van der Waals surface area (Å²) in [6.07, 6.45) is 94.3. The zero-order chi connectivity index (χ0) is 57.1. The fraction of sp³-hybridized carbons (Fsp3) is 0.630. The van der Waals surface area contributed by atoms with Crippen molar-refractivity contribution in [2.24, 2.45) is 0 Å². The van der Waals surface area contributed by atoms with Crippen molar-refractivity contribution < 1.29 is 28.6 Å². The van der Waals surface area contributed by atoms with Gasteiger partial charge in [0.15, 0.2) is 6.10 Å². The molecule has 6 heteroatoms. The minimum Gasteiger partial charge on any atom is -0.462 e. The number of esters is 3. The molecule has 0 bridgehead atoms. The molecule has 79 heavy (non-hydrogen) atoms. The van der Waals surface area contributed by atoms with Crippen molar-refractivity contribution in [3.63, 3.8) is 0 Å². The van der Waals surface area contributed by atoms with Gasteiger partial charge in [0.25, 0.3) is 0 Å². The number of hydrogen-bond donors (Lipinski definition) is 0. The van der Waals surface area contributed by atoms with Gasteiger partial charge in [-0.3, -0.25) is 14.4 Å². The molecule has 0 saturated carbocycles. The number of carbonyl (C=O) groups is 3. The van der Waals surface area contributed by atoms with Crippen LogP contribution in [0, 0.1) is 0 Å². The largest absolute Gasteiger partial charge is 0.462 e. The molecule has 0 spiro atoms. The lowest BCUT2D eigenvalue weighted by molar-refractivity contribution is -0.167. The summed E-state index contributed by atoms with van der Waals surface area (Å²) in [6.45, 7) is 6.27. The van der Waals surface area contributed by atoms with Crippen LogP contribution in [-0.2, 0) is 28.6 Å². The molecule has 0 saturated heterocycles. The maximum Gasteiger partial charge on any atom is 0.306 e. The van der Waals surface area contributed by atoms with Crippen LogP contribution >= 0.6 is 0 Å². The van der Waals surface area contributed by atoms with Crippen LogP contribution in [0.25, 0.3) is 0 Å². The second kappa shape index (κ2) is 65.8. The van der Waals surface area contributed by atoms with Crippen molar-refractivity contribution >= 4 is 17.9 Å². The number of ether oxygens (including phenoxy) is 3. The van der Waals surface area contributed by atoms with Crippen LogP contribution in [0.1, 0.15) is 278 Å². The minimum absolute atomic E-state index is 0.0975. The average Bonchev–Trinajstić information content (AvgIpc) is 3.45. The Balaban J connectivity index is 4.38. The van der Waals surface area contributed by atoms with Crippen molar-refractivity contribution in [1.29, 1.82) is 0 Å². The quantitative estimate of drug-likeness (QED) is 0.0261. The van der Waals surface area contributed by atoms with E-state index in [1.54, 1.807) is 0 Å². The van der Waals surface area contributed by atoms with Gasteiger partial charge >= 0.3 is 17.9 Å². The van der Waals surface area contributed by atoms with Gasteiger partial charge in [-0.15, -0.1) is 0 Å². The van der Waals surface area contributed by atoms with Crippen LogP contribution in [0.2, 0.25) is 0 Å². The molecule has 6 nitrogen and oxygen atoms in total. The molecule has 0 heterocycles. The summed E-state index contributed by atoms with van der Waals surface area (Å²) in [5.41, 5.74) is 0. The lowest BCUT2D eigenvalue weighted by Crippen LogP contribution is -2.30. The third-order valence-electron chi connectivity index (χ3n) is 13.3. The molecule has 0 aromatic rings. The number of unbranched alkanes of at least 4 members (excludes halogenated alkanes) is 22. The van der Waals surface area contributed by atoms with E-state index < -0.39 is 6.10 Å². The highest BCUT2D eigenvalue weighted by atomic mass is 16.6. The van der Waals surface area contributed by atoms with Gasteiger partial charge < -0.3 is 14.2 Å². The van der Waals surface area contributed by atoms with Crippen molar-refractivity contribution in [3.05, 3.63) is 146 Å². The molecule has 0 aliphatic carbocycles. The van der Waals surface area contributed by atoms with Crippen molar-refractivity contribution in [2.45, 2.75) is 284 Å². The first-order valence-corrected chi connectivity index (χ1v) is 32.3. The molecule has 0 amide bonds. The molecular weight excluding hydrogens is 973 g/mol. The molecule has 0 aromatic carbocycles. The Hall–Kier alpha value is -4.71. The molecule has 1 unspecified atom stereocenters. The standard InChI is InChI=1S/C73H118O6/c1-4-7-10-13-16-19-22-25-27-29-31-33-35-36-38-39-41-43-45-48-51-54-57-60-63-66-72(75)78-69-70(68-77-71(74)65-62-59-56-53-50-47-24-21-18-15-12-9-6-3)79-73(76)67-64-61-58-55-52-49-46-44-42-40-37-34-32-30-28-26-23-20-17-14-11-8-5-2/h7-12,16-21,25-28,31-34,40,42,47,50,70H,4-6,13-15,22-24,29-30,35-39,41,43-46,48-49,51-69H2,1-3H3/b10-7-,11-8-,12-9-,19-16-,20-17-,21-18-,27-25-,28-26-,33-31-,34-32-,42-40-,50-47-. The highest BCUT2D eigenvalue weighted by Gasteiger charge is 2.19. The maximum absolute atomic E-state index is 12.9. The van der Waals surface area contributed by atoms with Gasteiger partial charge in [0.05, 0.1) is 0 Å². The van der Waals surface area contributed by atoms with E-state index in [1.807, 2.05) is 0 Å². The van der Waals surface area contributed by atoms with Crippen LogP contribution < -0.4 is 0 Å². The van der Waals surface area contributed by atoms with Gasteiger partial charge in [-0.25, -0.2) is 0 Å². The summed E-state index contributed by atoms with van der Waals surface area (Å²) in [6, 6.07) is 0. The van der Waals surface area contributed by atoms with Gasteiger partial charge in [-0.2, -0.15) is 0 Å². The molecule has 0 aliphatic rings. The van der Waals surface area contributed by atoms with Gasteiger partial charge in [0.2, 0.25) is 0 Å². The van der Waals surface area contributed by atoms with Crippen LogP contribution in [0.3, 0.4) is 0 Å². The van der Waals surface area contributed by atoms with E-state index in [4.69, 9.17) is 14.2 Å².